The van der Waals surface area contributed by atoms with Crippen molar-refractivity contribution < 1.29 is 22.7 Å². The minimum Gasteiger partial charge on any atom is -0.496 e. The molecular weight excluding hydrogens is 516 g/mol. The molecule has 5 fully saturated rings. The third kappa shape index (κ3) is 6.01. The Morgan fingerprint density at radius 3 is 2.30 bits per heavy atom. The van der Waals surface area contributed by atoms with Gasteiger partial charge in [-0.25, -0.2) is 9.52 Å². The lowest BCUT2D eigenvalue weighted by atomic mass is 9.53. The van der Waals surface area contributed by atoms with Crippen LogP contribution in [0.25, 0.3) is 0 Å². The molecule has 9 nitrogen and oxygen atoms in total. The van der Waals surface area contributed by atoms with Crippen molar-refractivity contribution in [3.8, 4) is 5.75 Å². The van der Waals surface area contributed by atoms with E-state index in [4.69, 9.17) is 16.3 Å². The molecule has 1 aliphatic heterocycles. The number of benzene rings is 1. The van der Waals surface area contributed by atoms with E-state index in [0.29, 0.717) is 66.6 Å². The maximum absolute atomic E-state index is 12.9. The number of halogens is 1. The zero-order valence-corrected chi connectivity index (χ0v) is 22.9. The highest BCUT2D eigenvalue weighted by Gasteiger charge is 2.51. The Labute approximate surface area is 224 Å². The largest absolute Gasteiger partial charge is 0.496 e. The van der Waals surface area contributed by atoms with Crippen molar-refractivity contribution >= 4 is 33.7 Å². The number of nitrogens with one attached hydrogen (secondary N) is 3. The van der Waals surface area contributed by atoms with Crippen molar-refractivity contribution in [3.63, 3.8) is 0 Å². The molecule has 0 radical (unpaired) electrons. The molecule has 1 aromatic carbocycles. The molecule has 0 spiro atoms. The summed E-state index contributed by atoms with van der Waals surface area (Å²) in [4.78, 5) is 25.3. The van der Waals surface area contributed by atoms with Crippen molar-refractivity contribution in [3.05, 3.63) is 28.8 Å². The molecule has 4 bridgehead atoms. The normalized spacial score (nSPS) is 29.6. The highest BCUT2D eigenvalue weighted by Crippen LogP contribution is 2.55. The fourth-order valence-electron chi connectivity index (χ4n) is 7.49. The Kier molecular flexibility index (Phi) is 7.62. The number of carbonyl (C=O) groups is 2. The predicted octanol–water partition coefficient (Wildman–Crippen LogP) is 3.69. The highest BCUT2D eigenvalue weighted by molar-refractivity contribution is 7.87. The molecule has 6 rings (SSSR count). The van der Waals surface area contributed by atoms with Gasteiger partial charge in [0.25, 0.3) is 5.91 Å². The lowest BCUT2D eigenvalue weighted by Gasteiger charge is -2.56. The highest BCUT2D eigenvalue weighted by atomic mass is 35.5. The number of urea groups is 1. The SMILES string of the molecule is COc1ccc(Cl)cc1C(=O)NCCC1CCN(S(=O)(=O)NC(=O)NC23CC4CC(CC(C4)C2)C3)CC1. The monoisotopic (exact) mass is 552 g/mol. The van der Waals surface area contributed by atoms with Crippen molar-refractivity contribution in [2.75, 3.05) is 26.7 Å². The molecule has 0 aromatic heterocycles. The fraction of sp³-hybridized carbons (Fsp3) is 0.692. The Bertz CT molecular complexity index is 1100. The van der Waals surface area contributed by atoms with Gasteiger partial charge in [-0.2, -0.15) is 12.7 Å². The molecule has 1 saturated heterocycles. The smallest absolute Gasteiger partial charge is 0.329 e. The van der Waals surface area contributed by atoms with E-state index in [1.54, 1.807) is 18.2 Å². The third-order valence-corrected chi connectivity index (χ3v) is 10.5. The van der Waals surface area contributed by atoms with Gasteiger partial charge in [0.15, 0.2) is 0 Å². The molecule has 37 heavy (non-hydrogen) atoms. The molecule has 4 saturated carbocycles. The molecule has 5 aliphatic rings. The standard InChI is InChI=1S/C26H37ClN4O5S/c1-36-23-3-2-21(27)13-22(23)24(32)28-7-4-17-5-8-31(9-6-17)37(34,35)30-25(33)29-26-14-18-10-19(15-26)12-20(11-18)16-26/h2-3,13,17-20H,4-12,14-16H2,1H3,(H,28,32)(H2,29,30,33). The molecule has 204 valence electrons. The van der Waals surface area contributed by atoms with E-state index in [1.807, 2.05) is 0 Å². The second kappa shape index (κ2) is 10.6. The Morgan fingerprint density at radius 2 is 1.70 bits per heavy atom. The van der Waals surface area contributed by atoms with Crippen LogP contribution in [0.15, 0.2) is 18.2 Å². The molecular formula is C26H37ClN4O5S. The molecule has 11 heteroatoms. The van der Waals surface area contributed by atoms with Gasteiger partial charge >= 0.3 is 16.2 Å². The van der Waals surface area contributed by atoms with Crippen molar-refractivity contribution in [2.24, 2.45) is 23.7 Å². The lowest BCUT2D eigenvalue weighted by molar-refractivity contribution is -0.0132. The number of nitrogens with zero attached hydrogens (tertiary/aromatic N) is 1. The number of hydrogen-bond donors (Lipinski definition) is 3. The Balaban J connectivity index is 1.06. The van der Waals surface area contributed by atoms with Crippen molar-refractivity contribution in [1.82, 2.24) is 19.7 Å². The topological polar surface area (TPSA) is 117 Å². The Hall–Kier alpha value is -2.04. The summed E-state index contributed by atoms with van der Waals surface area (Å²) in [6.45, 7) is 1.17. The van der Waals surface area contributed by atoms with Crippen LogP contribution in [0.4, 0.5) is 4.79 Å². The van der Waals surface area contributed by atoms with Crippen LogP contribution in [0.5, 0.6) is 5.75 Å². The first-order valence-corrected chi connectivity index (χ1v) is 15.2. The van der Waals surface area contributed by atoms with Gasteiger partial charge in [-0.1, -0.05) is 11.6 Å². The number of methoxy groups -OCH3 is 1. The number of carbonyl (C=O) groups excluding carboxylic acids is 2. The van der Waals surface area contributed by atoms with E-state index in [2.05, 4.69) is 15.4 Å². The second-order valence-electron chi connectivity index (χ2n) is 11.5. The van der Waals surface area contributed by atoms with Crippen LogP contribution < -0.4 is 20.1 Å². The van der Waals surface area contributed by atoms with Crippen LogP contribution >= 0.6 is 11.6 Å². The number of ether oxygens (including phenoxy) is 1. The predicted molar refractivity (Wildman–Crippen MR) is 141 cm³/mol. The van der Waals surface area contributed by atoms with E-state index in [9.17, 15) is 18.0 Å². The molecule has 0 unspecified atom stereocenters. The minimum atomic E-state index is -3.90. The van der Waals surface area contributed by atoms with Gasteiger partial charge in [-0.15, -0.1) is 0 Å². The van der Waals surface area contributed by atoms with Gasteiger partial charge in [-0.05, 0) is 99.7 Å². The van der Waals surface area contributed by atoms with E-state index in [-0.39, 0.29) is 17.4 Å². The molecule has 3 N–H and O–H groups in total. The van der Waals surface area contributed by atoms with Gasteiger partial charge in [0, 0.05) is 30.2 Å². The molecule has 1 heterocycles. The summed E-state index contributed by atoms with van der Waals surface area (Å²) in [5.74, 6) is 2.49. The summed E-state index contributed by atoms with van der Waals surface area (Å²) in [6, 6.07) is 4.31. The van der Waals surface area contributed by atoms with Crippen LogP contribution in [-0.2, 0) is 10.2 Å². The van der Waals surface area contributed by atoms with Gasteiger partial charge in [0.05, 0.1) is 12.7 Å². The van der Waals surface area contributed by atoms with E-state index in [0.717, 1.165) is 25.7 Å². The maximum atomic E-state index is 12.9. The summed E-state index contributed by atoms with van der Waals surface area (Å²) in [5, 5.41) is 6.44. The van der Waals surface area contributed by atoms with Gasteiger partial charge < -0.3 is 15.4 Å². The number of rotatable bonds is 8. The Morgan fingerprint density at radius 1 is 1.08 bits per heavy atom. The van der Waals surface area contributed by atoms with Gasteiger partial charge in [-0.3, -0.25) is 4.79 Å². The number of hydrogen-bond acceptors (Lipinski definition) is 5. The zero-order chi connectivity index (χ0) is 26.2. The van der Waals surface area contributed by atoms with Crippen molar-refractivity contribution in [2.45, 2.75) is 63.3 Å². The average Bonchev–Trinajstić information content (AvgIpc) is 2.82. The van der Waals surface area contributed by atoms with Gasteiger partial charge in [0.1, 0.15) is 5.75 Å². The first-order chi connectivity index (χ1) is 17.6. The molecule has 0 atom stereocenters. The molecule has 1 aromatic rings. The van der Waals surface area contributed by atoms with Crippen molar-refractivity contribution in [1.29, 1.82) is 0 Å². The summed E-state index contributed by atoms with van der Waals surface area (Å²) < 4.78 is 34.7. The first-order valence-electron chi connectivity index (χ1n) is 13.4. The van der Waals surface area contributed by atoms with Crippen LogP contribution in [0, 0.1) is 23.7 Å². The molecule has 3 amide bonds. The van der Waals surface area contributed by atoms with Crippen LogP contribution in [0.3, 0.4) is 0 Å². The minimum absolute atomic E-state index is 0.235. The van der Waals surface area contributed by atoms with Crippen LogP contribution in [0.2, 0.25) is 5.02 Å². The average molecular weight is 553 g/mol. The van der Waals surface area contributed by atoms with E-state index >= 15 is 0 Å². The van der Waals surface area contributed by atoms with Crippen LogP contribution in [0.1, 0.15) is 68.1 Å². The first kappa shape index (κ1) is 26.6. The molecule has 4 aliphatic carbocycles. The number of amides is 3. The second-order valence-corrected chi connectivity index (χ2v) is 13.6. The van der Waals surface area contributed by atoms with Crippen LogP contribution in [-0.4, -0.2) is 56.9 Å². The zero-order valence-electron chi connectivity index (χ0n) is 21.3. The number of piperidine rings is 1. The van der Waals surface area contributed by atoms with E-state index in [1.165, 1.54) is 30.7 Å². The third-order valence-electron chi connectivity index (χ3n) is 8.80. The maximum Gasteiger partial charge on any atom is 0.329 e. The quantitative estimate of drug-likeness (QED) is 0.455. The summed E-state index contributed by atoms with van der Waals surface area (Å²) >= 11 is 6.01. The van der Waals surface area contributed by atoms with Gasteiger partial charge in [0.2, 0.25) is 0 Å². The fourth-order valence-corrected chi connectivity index (χ4v) is 8.77. The summed E-state index contributed by atoms with van der Waals surface area (Å²) in [5.41, 5.74) is 0.148. The summed E-state index contributed by atoms with van der Waals surface area (Å²) in [7, 11) is -2.39. The van der Waals surface area contributed by atoms with E-state index < -0.39 is 16.2 Å². The lowest BCUT2D eigenvalue weighted by Crippen LogP contribution is -2.62. The summed E-state index contributed by atoms with van der Waals surface area (Å²) in [6.07, 6.45) is 8.77.